The molecule has 4 nitrogen and oxygen atoms in total. The van der Waals surface area contributed by atoms with Gasteiger partial charge in [0.15, 0.2) is 0 Å². The van der Waals surface area contributed by atoms with Crippen LogP contribution in [0.25, 0.3) is 0 Å². The number of nitrogens with one attached hydrogen (secondary N) is 1. The van der Waals surface area contributed by atoms with Gasteiger partial charge >= 0.3 is 0 Å². The summed E-state index contributed by atoms with van der Waals surface area (Å²) in [6.45, 7) is 1.90. The molecule has 1 aromatic heterocycles. The average molecular weight is 382 g/mol. The van der Waals surface area contributed by atoms with Gasteiger partial charge in [-0.3, -0.25) is 0 Å². The zero-order chi connectivity index (χ0) is 14.0. The molecule has 96 valence electrons. The first-order chi connectivity index (χ1) is 9.02. The molecule has 0 aliphatic heterocycles. The molecule has 0 aliphatic carbocycles. The van der Waals surface area contributed by atoms with Crippen LogP contribution in [-0.4, -0.2) is 4.98 Å². The summed E-state index contributed by atoms with van der Waals surface area (Å²) in [5, 5.41) is 12.2. The number of hydrogen-bond acceptors (Lipinski definition) is 4. The number of halogens is 2. The van der Waals surface area contributed by atoms with E-state index in [1.807, 2.05) is 19.1 Å². The SMILES string of the molecule is Cc1c(N)cnc(Nc2cc(Br)ccc2C#N)c1Br. The summed E-state index contributed by atoms with van der Waals surface area (Å²) in [6, 6.07) is 7.53. The zero-order valence-electron chi connectivity index (χ0n) is 10.0. The molecule has 2 rings (SSSR count). The van der Waals surface area contributed by atoms with E-state index in [4.69, 9.17) is 11.0 Å². The summed E-state index contributed by atoms with van der Waals surface area (Å²) in [5.41, 5.74) is 8.55. The van der Waals surface area contributed by atoms with Crippen LogP contribution in [0.4, 0.5) is 17.2 Å². The minimum absolute atomic E-state index is 0.548. The van der Waals surface area contributed by atoms with Crippen LogP contribution in [0.2, 0.25) is 0 Å². The van der Waals surface area contributed by atoms with Crippen molar-refractivity contribution in [2.75, 3.05) is 11.1 Å². The lowest BCUT2D eigenvalue weighted by Gasteiger charge is -2.12. The number of benzene rings is 1. The van der Waals surface area contributed by atoms with E-state index in [1.165, 1.54) is 0 Å². The first-order valence-electron chi connectivity index (χ1n) is 5.40. The van der Waals surface area contributed by atoms with E-state index in [9.17, 15) is 0 Å². The fourth-order valence-electron chi connectivity index (χ4n) is 1.52. The lowest BCUT2D eigenvalue weighted by atomic mass is 10.2. The molecule has 3 N–H and O–H groups in total. The average Bonchev–Trinajstić information content (AvgIpc) is 2.40. The molecular weight excluding hydrogens is 372 g/mol. The van der Waals surface area contributed by atoms with Gasteiger partial charge in [-0.2, -0.15) is 5.26 Å². The highest BCUT2D eigenvalue weighted by Crippen LogP contribution is 2.31. The Hall–Kier alpha value is -1.58. The minimum atomic E-state index is 0.548. The quantitative estimate of drug-likeness (QED) is 0.820. The monoisotopic (exact) mass is 380 g/mol. The Morgan fingerprint density at radius 3 is 2.79 bits per heavy atom. The highest BCUT2D eigenvalue weighted by Gasteiger charge is 2.10. The maximum Gasteiger partial charge on any atom is 0.145 e. The summed E-state index contributed by atoms with van der Waals surface area (Å²) < 4.78 is 1.67. The van der Waals surface area contributed by atoms with Crippen molar-refractivity contribution in [1.82, 2.24) is 4.98 Å². The van der Waals surface area contributed by atoms with Crippen molar-refractivity contribution < 1.29 is 0 Å². The molecule has 0 spiro atoms. The van der Waals surface area contributed by atoms with Crippen molar-refractivity contribution in [2.24, 2.45) is 0 Å². The third-order valence-corrected chi connectivity index (χ3v) is 4.12. The van der Waals surface area contributed by atoms with Crippen molar-refractivity contribution in [2.45, 2.75) is 6.92 Å². The van der Waals surface area contributed by atoms with E-state index in [1.54, 1.807) is 12.3 Å². The number of nitrogen functional groups attached to an aromatic ring is 1. The van der Waals surface area contributed by atoms with E-state index in [-0.39, 0.29) is 0 Å². The molecule has 0 saturated heterocycles. The fourth-order valence-corrected chi connectivity index (χ4v) is 2.32. The molecule has 1 heterocycles. The predicted octanol–water partition coefficient (Wildman–Crippen LogP) is 4.11. The van der Waals surface area contributed by atoms with Gasteiger partial charge in [-0.25, -0.2) is 4.98 Å². The minimum Gasteiger partial charge on any atom is -0.397 e. The zero-order valence-corrected chi connectivity index (χ0v) is 13.2. The number of pyridine rings is 1. The molecule has 0 fully saturated rings. The Labute approximate surface area is 127 Å². The Morgan fingerprint density at radius 1 is 1.37 bits per heavy atom. The number of anilines is 3. The number of aromatic nitrogens is 1. The predicted molar refractivity (Wildman–Crippen MR) is 83.2 cm³/mol. The van der Waals surface area contributed by atoms with Crippen LogP contribution in [0.15, 0.2) is 33.3 Å². The molecule has 1 aromatic carbocycles. The first kappa shape index (κ1) is 13.8. The highest BCUT2D eigenvalue weighted by atomic mass is 79.9. The van der Waals surface area contributed by atoms with Gasteiger partial charge in [0.05, 0.1) is 27.6 Å². The van der Waals surface area contributed by atoms with Crippen LogP contribution in [0, 0.1) is 18.3 Å². The lowest BCUT2D eigenvalue weighted by molar-refractivity contribution is 1.25. The standard InChI is InChI=1S/C13H10Br2N4/c1-7-10(17)6-18-13(12(7)15)19-11-4-9(14)3-2-8(11)5-16/h2-4,6H,17H2,1H3,(H,18,19). The van der Waals surface area contributed by atoms with Crippen LogP contribution >= 0.6 is 31.9 Å². The van der Waals surface area contributed by atoms with Crippen LogP contribution in [0.1, 0.15) is 11.1 Å². The molecule has 0 unspecified atom stereocenters. The summed E-state index contributed by atoms with van der Waals surface area (Å²) in [4.78, 5) is 4.23. The third kappa shape index (κ3) is 2.88. The fraction of sp³-hybridized carbons (Fsp3) is 0.0769. The summed E-state index contributed by atoms with van der Waals surface area (Å²) in [6.07, 6.45) is 1.59. The summed E-state index contributed by atoms with van der Waals surface area (Å²) >= 11 is 6.84. The Morgan fingerprint density at radius 2 is 2.11 bits per heavy atom. The van der Waals surface area contributed by atoms with Crippen molar-refractivity contribution >= 4 is 49.1 Å². The van der Waals surface area contributed by atoms with Crippen LogP contribution < -0.4 is 11.1 Å². The lowest BCUT2D eigenvalue weighted by Crippen LogP contribution is -2.01. The maximum atomic E-state index is 9.10. The molecule has 0 aliphatic rings. The molecular formula is C13H10Br2N4. The number of nitrogens with zero attached hydrogens (tertiary/aromatic N) is 2. The van der Waals surface area contributed by atoms with Crippen LogP contribution in [0.5, 0.6) is 0 Å². The van der Waals surface area contributed by atoms with Gasteiger partial charge in [0.1, 0.15) is 11.9 Å². The molecule has 0 saturated carbocycles. The summed E-state index contributed by atoms with van der Waals surface area (Å²) in [7, 11) is 0. The van der Waals surface area contributed by atoms with Crippen molar-refractivity contribution in [1.29, 1.82) is 5.26 Å². The third-order valence-electron chi connectivity index (χ3n) is 2.66. The molecule has 6 heteroatoms. The number of nitrogens with two attached hydrogens (primary N) is 1. The van der Waals surface area contributed by atoms with Crippen LogP contribution in [0.3, 0.4) is 0 Å². The topological polar surface area (TPSA) is 74.7 Å². The first-order valence-corrected chi connectivity index (χ1v) is 6.98. The Balaban J connectivity index is 2.45. The molecule has 19 heavy (non-hydrogen) atoms. The Bertz CT molecular complexity index is 677. The second kappa shape index (κ2) is 5.59. The van der Waals surface area contributed by atoms with Gasteiger partial charge in [-0.15, -0.1) is 0 Å². The molecule has 0 atom stereocenters. The van der Waals surface area contributed by atoms with Gasteiger partial charge in [0.25, 0.3) is 0 Å². The Kier molecular flexibility index (Phi) is 4.08. The van der Waals surface area contributed by atoms with Crippen molar-refractivity contribution in [3.8, 4) is 6.07 Å². The molecule has 2 aromatic rings. The molecule has 0 amide bonds. The van der Waals surface area contributed by atoms with E-state index >= 15 is 0 Å². The van der Waals surface area contributed by atoms with Crippen molar-refractivity contribution in [3.63, 3.8) is 0 Å². The van der Waals surface area contributed by atoms with Gasteiger partial charge in [-0.05, 0) is 46.6 Å². The van der Waals surface area contributed by atoms with E-state index in [0.717, 1.165) is 14.5 Å². The maximum absolute atomic E-state index is 9.10. The van der Waals surface area contributed by atoms with E-state index < -0.39 is 0 Å². The highest BCUT2D eigenvalue weighted by molar-refractivity contribution is 9.11. The second-order valence-corrected chi connectivity index (χ2v) is 5.64. The normalized spacial score (nSPS) is 10.0. The molecule has 0 bridgehead atoms. The van der Waals surface area contributed by atoms with Crippen LogP contribution in [-0.2, 0) is 0 Å². The van der Waals surface area contributed by atoms with E-state index in [2.05, 4.69) is 48.2 Å². The second-order valence-electron chi connectivity index (χ2n) is 3.93. The molecule has 0 radical (unpaired) electrons. The van der Waals surface area contributed by atoms with Gasteiger partial charge in [0.2, 0.25) is 0 Å². The van der Waals surface area contributed by atoms with Crippen molar-refractivity contribution in [3.05, 3.63) is 44.5 Å². The number of nitriles is 1. The smallest absolute Gasteiger partial charge is 0.145 e. The number of hydrogen-bond donors (Lipinski definition) is 2. The van der Waals surface area contributed by atoms with Gasteiger partial charge < -0.3 is 11.1 Å². The van der Waals surface area contributed by atoms with Gasteiger partial charge in [-0.1, -0.05) is 15.9 Å². The largest absolute Gasteiger partial charge is 0.397 e. The summed E-state index contributed by atoms with van der Waals surface area (Å²) in [5.74, 6) is 0.626. The number of rotatable bonds is 2. The van der Waals surface area contributed by atoms with Gasteiger partial charge in [0, 0.05) is 4.47 Å². The van der Waals surface area contributed by atoms with E-state index in [0.29, 0.717) is 22.8 Å².